The number of carbonyl (C=O) groups excluding carboxylic acids is 4. The fraction of sp³-hybridized carbons (Fsp3) is 0.110. The molecule has 16 aromatic rings. The lowest BCUT2D eigenvalue weighted by molar-refractivity contribution is 0.0984. The second kappa shape index (κ2) is 31.1. The highest BCUT2D eigenvalue weighted by Gasteiger charge is 2.20. The average molecular weight is 1390 g/mol. The fourth-order valence-electron chi connectivity index (χ4n) is 12.0. The van der Waals surface area contributed by atoms with Crippen molar-refractivity contribution in [2.24, 2.45) is 0 Å². The highest BCUT2D eigenvalue weighted by atomic mass is 35.5. The van der Waals surface area contributed by atoms with Crippen LogP contribution in [-0.2, 0) is 26.2 Å². The first kappa shape index (κ1) is 68.0. The van der Waals surface area contributed by atoms with Crippen molar-refractivity contribution in [3.63, 3.8) is 0 Å². The lowest BCUT2D eigenvalue weighted by Crippen LogP contribution is -2.13. The molecule has 8 aromatic carbocycles. The molecule has 0 aliphatic carbocycles. The molecular weight excluding hydrogens is 1310 g/mol. The maximum atomic E-state index is 12.6. The van der Waals surface area contributed by atoms with Crippen molar-refractivity contribution in [3.8, 4) is 0 Å². The zero-order chi connectivity index (χ0) is 70.6. The van der Waals surface area contributed by atoms with E-state index in [2.05, 4.69) is 208 Å². The van der Waals surface area contributed by atoms with Crippen LogP contribution in [0.15, 0.2) is 266 Å². The number of thiazole rings is 1. The standard InChI is InChI=1S/C22H21N3O.C20H16ClN3OS.C20H18N4O.C20H17N3O2/c1-15-7-9-17(10-8-15)13-25-14-19(18-5-3-4-6-20(18)25)24-22(26)21-16(2)11-12-23-21;1-13-6-8-14(9-7-13)10-24-11-16(15-4-2-3-5-18(15)24)22-19(25)17-12-26-20(21)23-17;1-14-6-8-15(9-7-14)11-24-12-18(16-4-2-3-5-19(16)24)23-20(25)17-10-21-13-22-17;1-14-6-8-15(9-7-14)12-23-13-17(16-4-2-3-5-18(16)23)22-20(24)19-10-11-21-25-19/h3-12,14,23H,13H2,1-2H3,(H,24,26);2-9,11-12H,10H2,1H3,(H,22,25);2-10,12-13H,11H2,1H3,(H,21,22)(H,23,25);2-11,13H,12H2,1H3,(H,22,24). The van der Waals surface area contributed by atoms with E-state index in [9.17, 15) is 19.2 Å². The molecule has 8 aromatic heterocycles. The van der Waals surface area contributed by atoms with Gasteiger partial charge in [0.1, 0.15) is 17.1 Å². The van der Waals surface area contributed by atoms with Gasteiger partial charge in [-0.1, -0.05) is 209 Å². The summed E-state index contributed by atoms with van der Waals surface area (Å²) in [7, 11) is 0. The summed E-state index contributed by atoms with van der Waals surface area (Å²) < 4.78 is 13.9. The smallest absolute Gasteiger partial charge is 0.294 e. The van der Waals surface area contributed by atoms with Gasteiger partial charge in [-0.2, -0.15) is 0 Å². The first-order valence-electron chi connectivity index (χ1n) is 33.1. The highest BCUT2D eigenvalue weighted by molar-refractivity contribution is 7.14. The molecule has 20 heteroatoms. The van der Waals surface area contributed by atoms with E-state index in [0.717, 1.165) is 98.1 Å². The summed E-state index contributed by atoms with van der Waals surface area (Å²) in [5, 5.41) is 21.2. The number of aromatic amines is 2. The molecule has 0 atom stereocenters. The van der Waals surface area contributed by atoms with Gasteiger partial charge < -0.3 is 54.0 Å². The summed E-state index contributed by atoms with van der Waals surface area (Å²) in [6.45, 7) is 13.2. The van der Waals surface area contributed by atoms with E-state index in [0.29, 0.717) is 21.5 Å². The van der Waals surface area contributed by atoms with E-state index in [1.807, 2.05) is 117 Å². The van der Waals surface area contributed by atoms with Gasteiger partial charge in [0.15, 0.2) is 4.47 Å². The molecule has 0 spiro atoms. The third-order valence-corrected chi connectivity index (χ3v) is 18.3. The number of fused-ring (bicyclic) bond motifs is 4. The predicted octanol–water partition coefficient (Wildman–Crippen LogP) is 18.5. The first-order chi connectivity index (χ1) is 49.6. The molecular formula is C82H72ClN13O5S. The molecule has 0 unspecified atom stereocenters. The van der Waals surface area contributed by atoms with Gasteiger partial charge in [0.25, 0.3) is 23.6 Å². The zero-order valence-electron chi connectivity index (χ0n) is 56.6. The molecule has 4 amide bonds. The normalized spacial score (nSPS) is 11.0. The number of anilines is 4. The lowest BCUT2D eigenvalue weighted by Gasteiger charge is -2.06. The van der Waals surface area contributed by atoms with Crippen molar-refractivity contribution < 1.29 is 23.7 Å². The van der Waals surface area contributed by atoms with E-state index >= 15 is 0 Å². The van der Waals surface area contributed by atoms with Crippen LogP contribution in [0.4, 0.5) is 22.7 Å². The van der Waals surface area contributed by atoms with E-state index in [1.165, 1.54) is 74.6 Å². The second-order valence-corrected chi connectivity index (χ2v) is 26.3. The number of carbonyl (C=O) groups is 4. The van der Waals surface area contributed by atoms with Gasteiger partial charge in [-0.25, -0.2) is 9.97 Å². The Bertz CT molecular complexity index is 5400. The highest BCUT2D eigenvalue weighted by Crippen LogP contribution is 2.32. The van der Waals surface area contributed by atoms with Crippen LogP contribution in [0, 0.1) is 34.6 Å². The summed E-state index contributed by atoms with van der Waals surface area (Å²) in [4.78, 5) is 63.4. The van der Waals surface area contributed by atoms with Crippen molar-refractivity contribution in [1.29, 1.82) is 0 Å². The number of imidazole rings is 1. The Labute approximate surface area is 597 Å². The molecule has 6 N–H and O–H groups in total. The van der Waals surface area contributed by atoms with Crippen molar-refractivity contribution in [1.82, 2.24) is 43.4 Å². The number of nitrogens with zero attached hydrogens (tertiary/aromatic N) is 7. The quantitative estimate of drug-likeness (QED) is 0.0545. The number of aryl methyl sites for hydroxylation is 5. The first-order valence-corrected chi connectivity index (χ1v) is 34.3. The largest absolute Gasteiger partial charge is 0.357 e. The van der Waals surface area contributed by atoms with Crippen LogP contribution in [-0.4, -0.2) is 67.0 Å². The third-order valence-electron chi connectivity index (χ3n) is 17.3. The topological polar surface area (TPSA) is 220 Å². The Kier molecular flexibility index (Phi) is 20.7. The van der Waals surface area contributed by atoms with Crippen molar-refractivity contribution in [2.75, 3.05) is 21.3 Å². The number of amides is 4. The number of halogens is 1. The van der Waals surface area contributed by atoms with Gasteiger partial charge >= 0.3 is 0 Å². The van der Waals surface area contributed by atoms with Crippen LogP contribution in [0.3, 0.4) is 0 Å². The monoisotopic (exact) mass is 1390 g/mol. The second-order valence-electron chi connectivity index (χ2n) is 24.9. The zero-order valence-corrected chi connectivity index (χ0v) is 58.2. The Morgan fingerprint density at radius 2 is 0.814 bits per heavy atom. The Balaban J connectivity index is 0.000000121. The van der Waals surface area contributed by atoms with E-state index in [-0.39, 0.29) is 29.4 Å². The maximum Gasteiger partial charge on any atom is 0.294 e. The van der Waals surface area contributed by atoms with Gasteiger partial charge in [0, 0.05) is 90.2 Å². The van der Waals surface area contributed by atoms with Crippen LogP contribution in [0.2, 0.25) is 4.47 Å². The summed E-state index contributed by atoms with van der Waals surface area (Å²) in [6, 6.07) is 69.6. The summed E-state index contributed by atoms with van der Waals surface area (Å²) in [5.74, 6) is -0.695. The number of aromatic nitrogens is 9. The number of para-hydroxylation sites is 4. The van der Waals surface area contributed by atoms with E-state index in [1.54, 1.807) is 17.6 Å². The van der Waals surface area contributed by atoms with Gasteiger partial charge in [0.05, 0.1) is 63.5 Å². The van der Waals surface area contributed by atoms with E-state index < -0.39 is 0 Å². The molecule has 18 nitrogen and oxygen atoms in total. The Morgan fingerprint density at radius 1 is 0.441 bits per heavy atom. The molecule has 0 saturated heterocycles. The summed E-state index contributed by atoms with van der Waals surface area (Å²) in [5.41, 5.74) is 19.6. The molecule has 102 heavy (non-hydrogen) atoms. The van der Waals surface area contributed by atoms with Crippen LogP contribution in [0.1, 0.15) is 92.1 Å². The predicted molar refractivity (Wildman–Crippen MR) is 408 cm³/mol. The number of hydrogen-bond acceptors (Lipinski definition) is 9. The number of hydrogen-bond donors (Lipinski definition) is 6. The molecule has 0 bridgehead atoms. The number of rotatable bonds is 16. The summed E-state index contributed by atoms with van der Waals surface area (Å²) >= 11 is 7.07. The van der Waals surface area contributed by atoms with Crippen molar-refractivity contribution >= 4 is 113 Å². The van der Waals surface area contributed by atoms with Crippen LogP contribution in [0.25, 0.3) is 43.6 Å². The Hall–Kier alpha value is -12.6. The molecule has 0 saturated carbocycles. The molecule has 0 radical (unpaired) electrons. The fourth-order valence-corrected chi connectivity index (χ4v) is 12.7. The molecule has 0 aliphatic heterocycles. The van der Waals surface area contributed by atoms with Crippen molar-refractivity contribution in [2.45, 2.75) is 60.8 Å². The Morgan fingerprint density at radius 3 is 1.15 bits per heavy atom. The average Bonchev–Trinajstić information content (AvgIpc) is 1.67. The molecule has 16 rings (SSSR count). The third kappa shape index (κ3) is 16.3. The molecule has 8 heterocycles. The molecule has 508 valence electrons. The minimum Gasteiger partial charge on any atom is -0.357 e. The number of H-pyrrole nitrogens is 2. The van der Waals surface area contributed by atoms with Crippen LogP contribution in [0.5, 0.6) is 0 Å². The number of benzene rings is 8. The van der Waals surface area contributed by atoms with Crippen LogP contribution < -0.4 is 21.3 Å². The molecule has 0 fully saturated rings. The van der Waals surface area contributed by atoms with Gasteiger partial charge in [0.2, 0.25) is 5.76 Å². The SMILES string of the molecule is Cc1ccc(Cn2cc(NC(=O)c3[nH]ccc3C)c3ccccc32)cc1.Cc1ccc(Cn2cc(NC(=O)c3ccno3)c3ccccc32)cc1.Cc1ccc(Cn2cc(NC(=O)c3cnc[nH]3)c3ccccc32)cc1.Cc1ccc(Cn2cc(NC(=O)c3csc(Cl)n3)c3ccccc32)cc1. The van der Waals surface area contributed by atoms with Gasteiger partial charge in [-0.3, -0.25) is 19.2 Å². The minimum absolute atomic E-state index is 0.120. The summed E-state index contributed by atoms with van der Waals surface area (Å²) in [6.07, 6.45) is 14.2. The van der Waals surface area contributed by atoms with Gasteiger partial charge in [-0.15, -0.1) is 11.3 Å². The molecule has 0 aliphatic rings. The lowest BCUT2D eigenvalue weighted by atomic mass is 10.1. The van der Waals surface area contributed by atoms with Gasteiger partial charge in [-0.05, 0) is 92.8 Å². The van der Waals surface area contributed by atoms with Crippen LogP contribution >= 0.6 is 22.9 Å². The van der Waals surface area contributed by atoms with E-state index in [4.69, 9.17) is 16.1 Å². The maximum absolute atomic E-state index is 12.6. The van der Waals surface area contributed by atoms with Crippen molar-refractivity contribution in [3.05, 3.63) is 339 Å². The minimum atomic E-state index is -0.310. The number of nitrogens with one attached hydrogen (secondary N) is 6.